The highest BCUT2D eigenvalue weighted by Crippen LogP contribution is 2.30. The van der Waals surface area contributed by atoms with E-state index in [2.05, 4.69) is 26.1 Å². The first-order chi connectivity index (χ1) is 21.3. The summed E-state index contributed by atoms with van der Waals surface area (Å²) < 4.78 is 2.17. The first-order valence-corrected chi connectivity index (χ1v) is 14.4. The summed E-state index contributed by atoms with van der Waals surface area (Å²) in [4.78, 5) is 69.0. The Bertz CT molecular complexity index is 1890. The molecular weight excluding hydrogens is 626 g/mol. The minimum absolute atomic E-state index is 0.163. The predicted molar refractivity (Wildman–Crippen MR) is 160 cm³/mol. The van der Waals surface area contributed by atoms with E-state index in [1.165, 1.54) is 4.57 Å². The first kappa shape index (κ1) is 27.3. The normalized spacial score (nSPS) is 13.9. The molecule has 11 heteroatoms. The van der Waals surface area contributed by atoms with Crippen LogP contribution in [0.15, 0.2) is 102 Å². The molecule has 2 aliphatic rings. The summed E-state index contributed by atoms with van der Waals surface area (Å²) in [5.74, 6) is -1.92. The van der Waals surface area contributed by atoms with Crippen LogP contribution < -0.4 is 0 Å². The van der Waals surface area contributed by atoms with Gasteiger partial charge in [0.25, 0.3) is 23.6 Å². The number of amides is 4. The van der Waals surface area contributed by atoms with Gasteiger partial charge in [0, 0.05) is 15.6 Å². The quantitative estimate of drug-likeness (QED) is 0.183. The van der Waals surface area contributed by atoms with Crippen molar-refractivity contribution in [1.29, 1.82) is 0 Å². The van der Waals surface area contributed by atoms with Crippen LogP contribution in [0, 0.1) is 0 Å². The highest BCUT2D eigenvalue weighted by atomic mass is 79.9. The molecule has 214 valence electrons. The molecule has 0 saturated heterocycles. The van der Waals surface area contributed by atoms with Crippen molar-refractivity contribution in [2.75, 3.05) is 0 Å². The van der Waals surface area contributed by atoms with Crippen LogP contribution >= 0.6 is 15.9 Å². The minimum Gasteiger partial charge on any atom is -0.289 e. The van der Waals surface area contributed by atoms with Gasteiger partial charge in [-0.15, -0.1) is 10.2 Å². The summed E-state index contributed by atoms with van der Waals surface area (Å²) in [7, 11) is 0. The summed E-state index contributed by atoms with van der Waals surface area (Å²) in [6.07, 6.45) is 0. The molecule has 0 spiro atoms. The first-order valence-electron chi connectivity index (χ1n) is 13.6. The van der Waals surface area contributed by atoms with Gasteiger partial charge < -0.3 is 0 Å². The van der Waals surface area contributed by atoms with E-state index in [1.54, 1.807) is 97.1 Å². The number of rotatable bonds is 7. The van der Waals surface area contributed by atoms with Crippen LogP contribution in [0.3, 0.4) is 0 Å². The van der Waals surface area contributed by atoms with Gasteiger partial charge in [-0.25, -0.2) is 0 Å². The molecule has 1 aromatic heterocycles. The van der Waals surface area contributed by atoms with Gasteiger partial charge in [0.05, 0.1) is 41.0 Å². The summed E-state index contributed by atoms with van der Waals surface area (Å²) in [6, 6.07) is 26.8. The van der Waals surface area contributed by atoms with Gasteiger partial charge in [-0.3, -0.25) is 38.3 Å². The molecule has 5 aromatic rings. The zero-order chi connectivity index (χ0) is 30.5. The number of hydrogen-bond donors (Lipinski definition) is 0. The van der Waals surface area contributed by atoms with E-state index < -0.39 is 23.6 Å². The molecule has 0 fully saturated rings. The van der Waals surface area contributed by atoms with Gasteiger partial charge in [0.1, 0.15) is 0 Å². The molecule has 0 bridgehead atoms. The summed E-state index contributed by atoms with van der Waals surface area (Å²) >= 11 is 3.46. The highest BCUT2D eigenvalue weighted by Gasteiger charge is 2.39. The smallest absolute Gasteiger partial charge is 0.261 e. The molecule has 0 saturated carbocycles. The van der Waals surface area contributed by atoms with Gasteiger partial charge in [-0.2, -0.15) is 0 Å². The topological polar surface area (TPSA) is 123 Å². The zero-order valence-corrected chi connectivity index (χ0v) is 24.4. The lowest BCUT2D eigenvalue weighted by molar-refractivity contribution is 0.0626. The number of halogens is 1. The van der Waals surface area contributed by atoms with E-state index in [9.17, 15) is 24.0 Å². The molecule has 10 nitrogen and oxygen atoms in total. The number of carbonyl (C=O) groups is 5. The van der Waals surface area contributed by atoms with E-state index in [0.29, 0.717) is 15.7 Å². The Morgan fingerprint density at radius 1 is 0.591 bits per heavy atom. The second kappa shape index (κ2) is 10.6. The Morgan fingerprint density at radius 2 is 1.02 bits per heavy atom. The fourth-order valence-electron chi connectivity index (χ4n) is 5.52. The van der Waals surface area contributed by atoms with E-state index in [-0.39, 0.29) is 58.3 Å². The number of carbonyl (C=O) groups excluding carboxylic acids is 5. The molecule has 4 aromatic carbocycles. The fraction of sp³-hybridized carbons (Fsp3) is 0.0606. The van der Waals surface area contributed by atoms with Crippen molar-refractivity contribution in [1.82, 2.24) is 24.6 Å². The number of nitrogens with zero attached hydrogens (tertiary/aromatic N) is 5. The Morgan fingerprint density at radius 3 is 1.48 bits per heavy atom. The second-order valence-electron chi connectivity index (χ2n) is 10.2. The van der Waals surface area contributed by atoms with E-state index in [0.717, 1.165) is 9.80 Å². The van der Waals surface area contributed by atoms with Crippen molar-refractivity contribution in [3.63, 3.8) is 0 Å². The lowest BCUT2D eigenvalue weighted by atomic mass is 10.0. The Kier molecular flexibility index (Phi) is 6.59. The van der Waals surface area contributed by atoms with Gasteiger partial charge in [0.15, 0.2) is 17.4 Å². The highest BCUT2D eigenvalue weighted by molar-refractivity contribution is 9.10. The molecule has 0 aliphatic carbocycles. The third-order valence-corrected chi connectivity index (χ3v) is 8.13. The number of fused-ring (bicyclic) bond motifs is 2. The fourth-order valence-corrected chi connectivity index (χ4v) is 5.88. The van der Waals surface area contributed by atoms with Crippen LogP contribution in [-0.4, -0.2) is 54.0 Å². The van der Waals surface area contributed by atoms with Crippen LogP contribution in [0.5, 0.6) is 0 Å². The third kappa shape index (κ3) is 4.36. The number of ketones is 1. The molecule has 0 radical (unpaired) electrons. The van der Waals surface area contributed by atoms with Crippen LogP contribution in [-0.2, 0) is 13.1 Å². The van der Waals surface area contributed by atoms with Crippen LogP contribution in [0.4, 0.5) is 0 Å². The molecule has 7 rings (SSSR count). The Hall–Kier alpha value is -5.55. The largest absolute Gasteiger partial charge is 0.289 e. The van der Waals surface area contributed by atoms with E-state index in [4.69, 9.17) is 0 Å². The van der Waals surface area contributed by atoms with Gasteiger partial charge in [0.2, 0.25) is 0 Å². The monoisotopic (exact) mass is 645 g/mol. The van der Waals surface area contributed by atoms with Crippen molar-refractivity contribution < 1.29 is 24.0 Å². The summed E-state index contributed by atoms with van der Waals surface area (Å²) in [6.45, 7) is -0.535. The number of aromatic nitrogens is 3. The number of hydrogen-bond acceptors (Lipinski definition) is 7. The van der Waals surface area contributed by atoms with Gasteiger partial charge >= 0.3 is 0 Å². The molecule has 0 unspecified atom stereocenters. The van der Waals surface area contributed by atoms with Crippen molar-refractivity contribution in [3.05, 3.63) is 147 Å². The Balaban J connectivity index is 1.35. The predicted octanol–water partition coefficient (Wildman–Crippen LogP) is 4.85. The maximum atomic E-state index is 13.8. The van der Waals surface area contributed by atoms with Gasteiger partial charge in [-0.1, -0.05) is 70.5 Å². The zero-order valence-electron chi connectivity index (χ0n) is 22.8. The molecule has 3 heterocycles. The molecule has 0 N–H and O–H groups in total. The average Bonchev–Trinajstić information content (AvgIpc) is 3.64. The molecule has 2 aliphatic heterocycles. The van der Waals surface area contributed by atoms with Crippen molar-refractivity contribution >= 4 is 45.3 Å². The maximum Gasteiger partial charge on any atom is 0.261 e. The standard InChI is InChI=1S/C33H20BrN5O5/c34-20-14-15-26(25(16-20)29(40)19-8-2-1-3-9-19)39-27(17-37-30(41)21-10-4-5-11-22(21)31(37)42)35-36-28(39)18-38-32(43)23-12-6-7-13-24(23)33(38)44/h1-16H,17-18H2. The SMILES string of the molecule is O=C(c1ccccc1)c1cc(Br)ccc1-n1c(CN2C(=O)c3ccccc3C2=O)nnc1CN1C(=O)c2ccccc2C1=O. The van der Waals surface area contributed by atoms with Crippen molar-refractivity contribution in [2.45, 2.75) is 13.1 Å². The van der Waals surface area contributed by atoms with Gasteiger partial charge in [-0.05, 0) is 42.5 Å². The van der Waals surface area contributed by atoms with E-state index >= 15 is 0 Å². The minimum atomic E-state index is -0.488. The second-order valence-corrected chi connectivity index (χ2v) is 11.1. The maximum absolute atomic E-state index is 13.8. The van der Waals surface area contributed by atoms with Crippen LogP contribution in [0.1, 0.15) is 69.0 Å². The molecule has 0 atom stereocenters. The lowest BCUT2D eigenvalue weighted by Gasteiger charge is -2.19. The molecular formula is C33H20BrN5O5. The van der Waals surface area contributed by atoms with Crippen LogP contribution in [0.25, 0.3) is 5.69 Å². The average molecular weight is 646 g/mol. The van der Waals surface area contributed by atoms with Crippen molar-refractivity contribution in [3.8, 4) is 5.69 Å². The lowest BCUT2D eigenvalue weighted by Crippen LogP contribution is -2.32. The molecule has 4 amide bonds. The Labute approximate surface area is 258 Å². The number of benzene rings is 4. The summed E-state index contributed by atoms with van der Waals surface area (Å²) in [5.41, 5.74) is 2.17. The summed E-state index contributed by atoms with van der Waals surface area (Å²) in [5, 5.41) is 8.64. The van der Waals surface area contributed by atoms with E-state index in [1.807, 2.05) is 0 Å². The molecule has 44 heavy (non-hydrogen) atoms. The van der Waals surface area contributed by atoms with Crippen molar-refractivity contribution in [2.24, 2.45) is 0 Å². The third-order valence-electron chi connectivity index (χ3n) is 7.63. The van der Waals surface area contributed by atoms with Crippen LogP contribution in [0.2, 0.25) is 0 Å². The number of imide groups is 2.